The van der Waals surface area contributed by atoms with Gasteiger partial charge in [0.05, 0.1) is 0 Å². The highest BCUT2D eigenvalue weighted by Crippen LogP contribution is 2.54. The van der Waals surface area contributed by atoms with Crippen molar-refractivity contribution in [3.05, 3.63) is 0 Å². The predicted molar refractivity (Wildman–Crippen MR) is 61.9 cm³/mol. The summed E-state index contributed by atoms with van der Waals surface area (Å²) in [6.07, 6.45) is 4.43. The molecule has 0 aliphatic heterocycles. The van der Waals surface area contributed by atoms with Gasteiger partial charge in [0.2, 0.25) is 5.91 Å². The average molecular weight is 230 g/mol. The van der Waals surface area contributed by atoms with E-state index < -0.39 is 4.87 Å². The van der Waals surface area contributed by atoms with Gasteiger partial charge in [-0.3, -0.25) is 4.79 Å². The molecule has 0 unspecified atom stereocenters. The van der Waals surface area contributed by atoms with Crippen LogP contribution in [0.15, 0.2) is 0 Å². The molecular formula is C12H20ClNO. The standard InChI is InChI=1S/C12H20ClNO/c1-11(2,3)14-10(15)12(13)7-8-4-5-9(12)6-8/h8-9H,4-7H2,1-3H3,(H,14,15)/t8-,9+,12+/m1/s1. The molecule has 0 heterocycles. The fourth-order valence-electron chi connectivity index (χ4n) is 2.99. The number of fused-ring (bicyclic) bond motifs is 2. The highest BCUT2D eigenvalue weighted by molar-refractivity contribution is 6.35. The molecular weight excluding hydrogens is 210 g/mol. The molecule has 86 valence electrons. The fourth-order valence-corrected chi connectivity index (χ4v) is 3.45. The maximum absolute atomic E-state index is 12.1. The Labute approximate surface area is 96.8 Å². The van der Waals surface area contributed by atoms with Crippen LogP contribution in [0.2, 0.25) is 0 Å². The Morgan fingerprint density at radius 1 is 1.40 bits per heavy atom. The van der Waals surface area contributed by atoms with Gasteiger partial charge in [-0.15, -0.1) is 11.6 Å². The molecule has 0 saturated heterocycles. The first kappa shape index (κ1) is 11.3. The maximum atomic E-state index is 12.1. The van der Waals surface area contributed by atoms with E-state index in [1.54, 1.807) is 0 Å². The van der Waals surface area contributed by atoms with Gasteiger partial charge in [0.15, 0.2) is 0 Å². The van der Waals surface area contributed by atoms with E-state index >= 15 is 0 Å². The Bertz CT molecular complexity index is 284. The van der Waals surface area contributed by atoms with Crippen molar-refractivity contribution in [3.63, 3.8) is 0 Å². The first-order chi connectivity index (χ1) is 6.81. The Balaban J connectivity index is 2.07. The largest absolute Gasteiger partial charge is 0.350 e. The van der Waals surface area contributed by atoms with E-state index in [1.807, 2.05) is 20.8 Å². The molecule has 2 fully saturated rings. The zero-order valence-electron chi connectivity index (χ0n) is 9.77. The van der Waals surface area contributed by atoms with Gasteiger partial charge in [-0.25, -0.2) is 0 Å². The lowest BCUT2D eigenvalue weighted by atomic mass is 9.86. The van der Waals surface area contributed by atoms with Gasteiger partial charge in [-0.2, -0.15) is 0 Å². The minimum absolute atomic E-state index is 0.0452. The second kappa shape index (κ2) is 3.38. The molecule has 0 radical (unpaired) electrons. The Kier molecular flexibility index (Phi) is 2.53. The van der Waals surface area contributed by atoms with Gasteiger partial charge >= 0.3 is 0 Å². The molecule has 2 aliphatic carbocycles. The van der Waals surface area contributed by atoms with Crippen molar-refractivity contribution in [1.82, 2.24) is 5.32 Å². The van der Waals surface area contributed by atoms with Crippen molar-refractivity contribution < 1.29 is 4.79 Å². The average Bonchev–Trinajstić information content (AvgIpc) is 2.60. The van der Waals surface area contributed by atoms with Crippen molar-refractivity contribution in [2.45, 2.75) is 56.9 Å². The number of hydrogen-bond acceptors (Lipinski definition) is 1. The maximum Gasteiger partial charge on any atom is 0.241 e. The van der Waals surface area contributed by atoms with Gasteiger partial charge in [-0.05, 0) is 51.9 Å². The molecule has 0 aromatic carbocycles. The first-order valence-electron chi connectivity index (χ1n) is 5.83. The zero-order valence-corrected chi connectivity index (χ0v) is 10.5. The molecule has 0 spiro atoms. The van der Waals surface area contributed by atoms with Crippen LogP contribution in [0, 0.1) is 11.8 Å². The van der Waals surface area contributed by atoms with E-state index in [1.165, 1.54) is 6.42 Å². The quantitative estimate of drug-likeness (QED) is 0.689. The Hall–Kier alpha value is -0.240. The molecule has 2 aliphatic rings. The lowest BCUT2D eigenvalue weighted by Crippen LogP contribution is -2.52. The number of amides is 1. The van der Waals surface area contributed by atoms with Crippen molar-refractivity contribution in [3.8, 4) is 0 Å². The number of hydrogen-bond donors (Lipinski definition) is 1. The van der Waals surface area contributed by atoms with Gasteiger partial charge in [0, 0.05) is 5.54 Å². The Morgan fingerprint density at radius 2 is 2.07 bits per heavy atom. The fraction of sp³-hybridized carbons (Fsp3) is 0.917. The summed E-state index contributed by atoms with van der Waals surface area (Å²) in [5.74, 6) is 1.15. The van der Waals surface area contributed by atoms with E-state index in [9.17, 15) is 4.79 Å². The molecule has 3 heteroatoms. The van der Waals surface area contributed by atoms with E-state index in [0.29, 0.717) is 11.8 Å². The summed E-state index contributed by atoms with van der Waals surface area (Å²) < 4.78 is 0. The van der Waals surface area contributed by atoms with Crippen molar-refractivity contribution in [2.75, 3.05) is 0 Å². The summed E-state index contributed by atoms with van der Waals surface area (Å²) in [6.45, 7) is 6.00. The summed E-state index contributed by atoms with van der Waals surface area (Å²) in [5.41, 5.74) is -0.180. The van der Waals surface area contributed by atoms with Gasteiger partial charge in [-0.1, -0.05) is 6.42 Å². The smallest absolute Gasteiger partial charge is 0.241 e. The van der Waals surface area contributed by atoms with E-state index in [4.69, 9.17) is 11.6 Å². The number of rotatable bonds is 1. The molecule has 1 amide bonds. The van der Waals surface area contributed by atoms with Crippen LogP contribution in [0.1, 0.15) is 46.5 Å². The van der Waals surface area contributed by atoms with E-state index in [2.05, 4.69) is 5.32 Å². The third kappa shape index (κ3) is 2.01. The third-order valence-electron chi connectivity index (χ3n) is 3.64. The SMILES string of the molecule is CC(C)(C)NC(=O)[C@]1(Cl)C[C@@H]2CC[C@H]1C2. The normalized spacial score (nSPS) is 39.5. The lowest BCUT2D eigenvalue weighted by Gasteiger charge is -2.33. The minimum Gasteiger partial charge on any atom is -0.350 e. The summed E-state index contributed by atoms with van der Waals surface area (Å²) in [6, 6.07) is 0. The van der Waals surface area contributed by atoms with Crippen LogP contribution in [0.5, 0.6) is 0 Å². The molecule has 0 aromatic heterocycles. The van der Waals surface area contributed by atoms with Crippen LogP contribution >= 0.6 is 11.6 Å². The van der Waals surface area contributed by atoms with Crippen molar-refractivity contribution >= 4 is 17.5 Å². The van der Waals surface area contributed by atoms with E-state index in [-0.39, 0.29) is 11.4 Å². The molecule has 2 bridgehead atoms. The van der Waals surface area contributed by atoms with Crippen molar-refractivity contribution in [2.24, 2.45) is 11.8 Å². The van der Waals surface area contributed by atoms with Crippen LogP contribution in [0.25, 0.3) is 0 Å². The van der Waals surface area contributed by atoms with Crippen LogP contribution in [0.4, 0.5) is 0 Å². The highest BCUT2D eigenvalue weighted by atomic mass is 35.5. The van der Waals surface area contributed by atoms with Crippen LogP contribution in [0.3, 0.4) is 0 Å². The first-order valence-corrected chi connectivity index (χ1v) is 6.20. The second-order valence-corrected chi connectivity index (χ2v) is 6.82. The summed E-state index contributed by atoms with van der Waals surface area (Å²) >= 11 is 6.51. The molecule has 15 heavy (non-hydrogen) atoms. The number of nitrogens with one attached hydrogen (secondary N) is 1. The second-order valence-electron chi connectivity index (χ2n) is 6.15. The highest BCUT2D eigenvalue weighted by Gasteiger charge is 2.54. The van der Waals surface area contributed by atoms with E-state index in [0.717, 1.165) is 19.3 Å². The molecule has 2 nitrogen and oxygen atoms in total. The van der Waals surface area contributed by atoms with Gasteiger partial charge in [0.1, 0.15) is 4.87 Å². The summed E-state index contributed by atoms with van der Waals surface area (Å²) in [4.78, 5) is 11.5. The predicted octanol–water partition coefficient (Wildman–Crippen LogP) is 2.70. The number of carbonyl (C=O) groups is 1. The number of alkyl halides is 1. The van der Waals surface area contributed by atoms with Crippen LogP contribution in [-0.2, 0) is 4.79 Å². The zero-order chi connectivity index (χ0) is 11.3. The molecule has 2 saturated carbocycles. The van der Waals surface area contributed by atoms with Crippen molar-refractivity contribution in [1.29, 1.82) is 0 Å². The summed E-state index contributed by atoms with van der Waals surface area (Å²) in [5, 5.41) is 3.02. The Morgan fingerprint density at radius 3 is 2.47 bits per heavy atom. The minimum atomic E-state index is -0.601. The topological polar surface area (TPSA) is 29.1 Å². The molecule has 0 aromatic rings. The van der Waals surface area contributed by atoms with Crippen LogP contribution in [-0.4, -0.2) is 16.3 Å². The number of halogens is 1. The number of carbonyl (C=O) groups excluding carboxylic acids is 1. The van der Waals surface area contributed by atoms with Gasteiger partial charge < -0.3 is 5.32 Å². The molecule has 1 N–H and O–H groups in total. The lowest BCUT2D eigenvalue weighted by molar-refractivity contribution is -0.126. The third-order valence-corrected chi connectivity index (χ3v) is 4.27. The summed E-state index contributed by atoms with van der Waals surface area (Å²) in [7, 11) is 0. The molecule has 2 rings (SSSR count). The van der Waals surface area contributed by atoms with Gasteiger partial charge in [0.25, 0.3) is 0 Å². The molecule has 3 atom stereocenters. The van der Waals surface area contributed by atoms with Crippen LogP contribution < -0.4 is 5.32 Å². The monoisotopic (exact) mass is 229 g/mol.